The van der Waals surface area contributed by atoms with Gasteiger partial charge in [-0.25, -0.2) is 25.3 Å². The van der Waals surface area contributed by atoms with Crippen LogP contribution >= 0.6 is 5.53 Å². The van der Waals surface area contributed by atoms with E-state index in [1.54, 1.807) is 0 Å². The fourth-order valence-electron chi connectivity index (χ4n) is 0.335. The first kappa shape index (κ1) is 27.5. The Balaban J connectivity index is -0.000000240. The number of rotatable bonds is 3. The van der Waals surface area contributed by atoms with Crippen LogP contribution < -0.4 is 88.7 Å². The van der Waals surface area contributed by atoms with Crippen molar-refractivity contribution >= 4 is 34.7 Å². The Kier molecular flexibility index (Phi) is 15.7. The molecule has 0 aromatic heterocycles. The molecule has 0 amide bonds. The van der Waals surface area contributed by atoms with E-state index < -0.39 is 34.7 Å². The fraction of sp³-hybridized carbons (Fsp3) is 0. The molecule has 0 saturated carbocycles. The molecule has 0 aromatic rings. The van der Waals surface area contributed by atoms with Crippen LogP contribution in [0.3, 0.4) is 0 Å². The minimum absolute atomic E-state index is 0. The van der Waals surface area contributed by atoms with Gasteiger partial charge in [-0.2, -0.15) is 0 Å². The van der Waals surface area contributed by atoms with E-state index in [0.717, 1.165) is 0 Å². The molecule has 0 atom stereocenters. The van der Waals surface area contributed by atoms with E-state index in [1.807, 2.05) is 0 Å². The topological polar surface area (TPSA) is 172 Å². The number of hydrogen-bond acceptors (Lipinski definition) is 9. The van der Waals surface area contributed by atoms with Crippen molar-refractivity contribution in [3.63, 3.8) is 0 Å². The van der Waals surface area contributed by atoms with Crippen molar-refractivity contribution in [2.24, 2.45) is 0 Å². The van der Waals surface area contributed by atoms with E-state index in [-0.39, 0.29) is 88.7 Å². The monoisotopic (exact) mass is 340 g/mol. The largest absolute Gasteiger partial charge is 1.00 e. The van der Waals surface area contributed by atoms with Gasteiger partial charge < -0.3 is 13.7 Å². The van der Waals surface area contributed by atoms with E-state index in [0.29, 0.717) is 0 Å². The summed E-state index contributed by atoms with van der Waals surface area (Å²) in [4.78, 5) is 0. The van der Waals surface area contributed by atoms with E-state index in [2.05, 4.69) is 0 Å². The van der Waals surface area contributed by atoms with Gasteiger partial charge in [0.15, 0.2) is 0 Å². The van der Waals surface area contributed by atoms with Crippen LogP contribution in [-0.4, -0.2) is 38.9 Å². The second kappa shape index (κ2) is 9.16. The molecule has 0 N–H and O–H groups in total. The van der Waals surface area contributed by atoms with E-state index >= 15 is 0 Å². The first-order chi connectivity index (χ1) is 5.37. The molecule has 0 radical (unpaired) electrons. The van der Waals surface area contributed by atoms with Crippen LogP contribution in [0.1, 0.15) is 0 Å². The molecule has 0 unspecified atom stereocenters. The Bertz CT molecular complexity index is 408. The van der Waals surface area contributed by atoms with Crippen LogP contribution in [0.5, 0.6) is 0 Å². The first-order valence-electron chi connectivity index (χ1n) is 2.05. The molecule has 16 heavy (non-hydrogen) atoms. The molecule has 0 saturated heterocycles. The summed E-state index contributed by atoms with van der Waals surface area (Å²) in [5, 5.41) is 0. The number of hydrogen-bond donors (Lipinski definition) is 0. The van der Waals surface area contributed by atoms with Crippen LogP contribution in [0.2, 0.25) is 0 Å². The Morgan fingerprint density at radius 2 is 0.688 bits per heavy atom. The van der Waals surface area contributed by atoms with Crippen molar-refractivity contribution in [1.82, 2.24) is 0 Å². The van der Waals surface area contributed by atoms with Gasteiger partial charge in [-0.05, 0) is 0 Å². The molecule has 0 aliphatic rings. The summed E-state index contributed by atoms with van der Waals surface area (Å²) in [6.07, 6.45) is 0. The second-order valence-corrected chi connectivity index (χ2v) is 13.9. The standard InChI is InChI=1S/3Na.H3O9PS3/c;;;1-11(2,3)10(12(4,5)6)13(7,8)9/h;;;(H,1,2,3)(H,4,5,6)(H,7,8,9)/q3*+1;/p-3. The average Bonchev–Trinajstić information content (AvgIpc) is 1.44. The van der Waals surface area contributed by atoms with Gasteiger partial charge in [0.2, 0.25) is 5.53 Å². The Morgan fingerprint density at radius 1 is 0.562 bits per heavy atom. The second-order valence-electron chi connectivity index (χ2n) is 1.51. The van der Waals surface area contributed by atoms with Gasteiger partial charge in [-0.1, -0.05) is 0 Å². The zero-order valence-corrected chi connectivity index (χ0v) is 17.7. The molecule has 0 heterocycles. The molecule has 9 nitrogen and oxygen atoms in total. The maximum Gasteiger partial charge on any atom is 1.00 e. The fourth-order valence-corrected chi connectivity index (χ4v) is 9.06. The molecular weight excluding hydrogens is 340 g/mol. The molecule has 0 aromatic carbocycles. The van der Waals surface area contributed by atoms with Crippen molar-refractivity contribution in [2.75, 3.05) is 0 Å². The van der Waals surface area contributed by atoms with Crippen LogP contribution in [0.15, 0.2) is 0 Å². The Morgan fingerprint density at radius 3 is 0.688 bits per heavy atom. The third-order valence-electron chi connectivity index (χ3n) is 0.548. The Labute approximate surface area is 159 Å². The van der Waals surface area contributed by atoms with Crippen molar-refractivity contribution in [2.45, 2.75) is 0 Å². The summed E-state index contributed by atoms with van der Waals surface area (Å²) in [7, 11) is -17.9. The van der Waals surface area contributed by atoms with E-state index in [9.17, 15) is 38.9 Å². The van der Waals surface area contributed by atoms with Gasteiger partial charge in [0, 0.05) is 0 Å². The zero-order chi connectivity index (χ0) is 11.1. The van der Waals surface area contributed by atoms with Crippen LogP contribution in [0, 0.1) is 0 Å². The average molecular weight is 340 g/mol. The van der Waals surface area contributed by atoms with Crippen LogP contribution in [-0.2, 0) is 29.2 Å². The Hall–Kier alpha value is 3.16. The maximum atomic E-state index is 9.94. The van der Waals surface area contributed by atoms with Crippen molar-refractivity contribution in [3.05, 3.63) is 0 Å². The van der Waals surface area contributed by atoms with E-state index in [1.165, 1.54) is 0 Å². The smallest absolute Gasteiger partial charge is 0.743 e. The molecule has 0 spiro atoms. The maximum absolute atomic E-state index is 9.94. The summed E-state index contributed by atoms with van der Waals surface area (Å²) in [5.41, 5.74) is -4.73. The van der Waals surface area contributed by atoms with Crippen molar-refractivity contribution in [1.29, 1.82) is 0 Å². The molecule has 0 rings (SSSR count). The van der Waals surface area contributed by atoms with Gasteiger partial charge in [0.25, 0.3) is 0 Å². The predicted molar refractivity (Wildman–Crippen MR) is 36.0 cm³/mol. The quantitative estimate of drug-likeness (QED) is 0.275. The SMILES string of the molecule is O=S(=O)([O-])P(S(=O)(=O)[O-])S(=O)(=O)[O-].[Na+].[Na+].[Na+]. The third kappa shape index (κ3) is 10.0. The minimum atomic E-state index is -5.97. The molecule has 0 bridgehead atoms. The zero-order valence-electron chi connectivity index (χ0n) is 8.35. The molecule has 0 aliphatic heterocycles. The van der Waals surface area contributed by atoms with Crippen LogP contribution in [0.25, 0.3) is 0 Å². The normalized spacial score (nSPS) is 12.0. The minimum Gasteiger partial charge on any atom is -0.743 e. The van der Waals surface area contributed by atoms with Crippen molar-refractivity contribution in [3.8, 4) is 0 Å². The summed E-state index contributed by atoms with van der Waals surface area (Å²) in [6, 6.07) is 0. The molecule has 80 valence electrons. The van der Waals surface area contributed by atoms with Gasteiger partial charge in [0.1, 0.15) is 29.2 Å². The summed E-state index contributed by atoms with van der Waals surface area (Å²) in [6.45, 7) is 0. The molecular formula is Na3O9PS3. The summed E-state index contributed by atoms with van der Waals surface area (Å²) in [5.74, 6) is 0. The molecule has 16 heteroatoms. The van der Waals surface area contributed by atoms with Gasteiger partial charge in [0.05, 0.1) is 0 Å². The van der Waals surface area contributed by atoms with E-state index in [4.69, 9.17) is 0 Å². The third-order valence-corrected chi connectivity index (χ3v) is 14.8. The summed E-state index contributed by atoms with van der Waals surface area (Å²) >= 11 is 0. The predicted octanol–water partition coefficient (Wildman–Crippen LogP) is -11.1. The van der Waals surface area contributed by atoms with Gasteiger partial charge in [-0.15, -0.1) is 0 Å². The van der Waals surface area contributed by atoms with Gasteiger partial charge >= 0.3 is 88.7 Å². The van der Waals surface area contributed by atoms with Crippen molar-refractivity contribution < 1.29 is 128 Å². The first-order valence-corrected chi connectivity index (χ1v) is 9.43. The summed E-state index contributed by atoms with van der Waals surface area (Å²) < 4.78 is 89.5. The molecule has 0 aliphatic carbocycles. The van der Waals surface area contributed by atoms with Crippen LogP contribution in [0.4, 0.5) is 0 Å². The van der Waals surface area contributed by atoms with Gasteiger partial charge in [-0.3, -0.25) is 0 Å². The molecule has 0 fully saturated rings.